The van der Waals surface area contributed by atoms with Gasteiger partial charge in [0.05, 0.1) is 0 Å². The third kappa shape index (κ3) is 2.39. The van der Waals surface area contributed by atoms with E-state index in [4.69, 9.17) is 0 Å². The van der Waals surface area contributed by atoms with Crippen LogP contribution in [0.5, 0.6) is 0 Å². The van der Waals surface area contributed by atoms with Gasteiger partial charge in [0.2, 0.25) is 0 Å². The molecule has 0 aliphatic heterocycles. The van der Waals surface area contributed by atoms with E-state index in [0.29, 0.717) is 0 Å². The highest BCUT2D eigenvalue weighted by Crippen LogP contribution is 2.02. The highest BCUT2D eigenvalue weighted by atomic mass is 14.8. The first kappa shape index (κ1) is 8.88. The highest BCUT2D eigenvalue weighted by molar-refractivity contribution is 6.56. The lowest BCUT2D eigenvalue weighted by Crippen LogP contribution is -2.21. The van der Waals surface area contributed by atoms with Crippen LogP contribution in [0.25, 0.3) is 0 Å². The molecule has 0 aliphatic rings. The number of benzene rings is 2. The molecule has 2 aromatic rings. The van der Waals surface area contributed by atoms with Crippen molar-refractivity contribution >= 4 is 18.6 Å². The molecule has 0 heterocycles. The van der Waals surface area contributed by atoms with E-state index in [9.17, 15) is 0 Å². The van der Waals surface area contributed by atoms with Gasteiger partial charge in [0.1, 0.15) is 0 Å². The molecule has 2 heteroatoms. The van der Waals surface area contributed by atoms with Crippen molar-refractivity contribution in [3.8, 4) is 0 Å². The van der Waals surface area contributed by atoms with Gasteiger partial charge >= 0.3 is 0 Å². The molecule has 0 amide bonds. The van der Waals surface area contributed by atoms with Crippen LogP contribution in [0.1, 0.15) is 0 Å². The molecule has 0 fully saturated rings. The molecule has 0 unspecified atom stereocenters. The Kier molecular flexibility index (Phi) is 2.87. The maximum Gasteiger partial charge on any atom is 0.267 e. The maximum absolute atomic E-state index is 3.36. The van der Waals surface area contributed by atoms with E-state index in [1.54, 1.807) is 0 Å². The van der Waals surface area contributed by atoms with Crippen LogP contribution in [0, 0.1) is 0 Å². The molecule has 0 aromatic heterocycles. The van der Waals surface area contributed by atoms with Crippen molar-refractivity contribution < 1.29 is 0 Å². The molecule has 0 saturated carbocycles. The van der Waals surface area contributed by atoms with Gasteiger partial charge in [0, 0.05) is 5.69 Å². The Morgan fingerprint density at radius 1 is 0.714 bits per heavy atom. The van der Waals surface area contributed by atoms with Crippen molar-refractivity contribution in [3.63, 3.8) is 0 Å². The minimum absolute atomic E-state index is 0.880. The number of rotatable bonds is 3. The van der Waals surface area contributed by atoms with E-state index in [1.165, 1.54) is 5.46 Å². The summed E-state index contributed by atoms with van der Waals surface area (Å²) in [5.74, 6) is 0. The molecule has 14 heavy (non-hydrogen) atoms. The quantitative estimate of drug-likeness (QED) is 0.711. The van der Waals surface area contributed by atoms with Crippen LogP contribution in [0.3, 0.4) is 0 Å². The highest BCUT2D eigenvalue weighted by Gasteiger charge is 1.93. The van der Waals surface area contributed by atoms with Crippen LogP contribution >= 0.6 is 0 Å². The van der Waals surface area contributed by atoms with Gasteiger partial charge in [-0.15, -0.1) is 0 Å². The first-order chi connectivity index (χ1) is 6.95. The average molecular weight is 181 g/mol. The van der Waals surface area contributed by atoms with E-state index < -0.39 is 0 Å². The molecular weight excluding hydrogens is 169 g/mol. The lowest BCUT2D eigenvalue weighted by Gasteiger charge is -2.03. The molecule has 2 rings (SSSR count). The van der Waals surface area contributed by atoms with Crippen LogP contribution < -0.4 is 10.7 Å². The fraction of sp³-hybridized carbons (Fsp3) is 0. The van der Waals surface area contributed by atoms with E-state index >= 15 is 0 Å². The summed E-state index contributed by atoms with van der Waals surface area (Å²) in [4.78, 5) is 0. The second kappa shape index (κ2) is 4.52. The Balaban J connectivity index is 1.96. The number of para-hydroxylation sites is 1. The van der Waals surface area contributed by atoms with Crippen molar-refractivity contribution in [2.45, 2.75) is 0 Å². The first-order valence-electron chi connectivity index (χ1n) is 4.78. The Bertz CT molecular complexity index is 333. The fourth-order valence-corrected chi connectivity index (χ4v) is 1.36. The van der Waals surface area contributed by atoms with Crippen molar-refractivity contribution in [3.05, 3.63) is 60.7 Å². The van der Waals surface area contributed by atoms with Crippen molar-refractivity contribution in [1.29, 1.82) is 0 Å². The fourth-order valence-electron chi connectivity index (χ4n) is 1.36. The third-order valence-electron chi connectivity index (χ3n) is 2.11. The van der Waals surface area contributed by atoms with Gasteiger partial charge in [-0.05, 0) is 12.1 Å². The summed E-state index contributed by atoms with van der Waals surface area (Å²) < 4.78 is 0. The Morgan fingerprint density at radius 2 is 1.29 bits per heavy atom. The molecule has 68 valence electrons. The van der Waals surface area contributed by atoms with Gasteiger partial charge in [-0.25, -0.2) is 0 Å². The summed E-state index contributed by atoms with van der Waals surface area (Å²) in [5.41, 5.74) is 2.47. The summed E-state index contributed by atoms with van der Waals surface area (Å²) in [6.45, 7) is 0. The zero-order valence-corrected chi connectivity index (χ0v) is 7.98. The Labute approximate surface area is 85.0 Å². The van der Waals surface area contributed by atoms with Crippen LogP contribution in [-0.2, 0) is 0 Å². The lowest BCUT2D eigenvalue weighted by molar-refractivity contribution is 1.66. The first-order valence-corrected chi connectivity index (χ1v) is 4.78. The van der Waals surface area contributed by atoms with Gasteiger partial charge in [0.15, 0.2) is 0 Å². The monoisotopic (exact) mass is 181 g/mol. The number of anilines is 1. The molecule has 1 N–H and O–H groups in total. The Morgan fingerprint density at radius 3 is 1.93 bits per heavy atom. The molecule has 0 bridgehead atoms. The minimum atomic E-state index is 0.880. The van der Waals surface area contributed by atoms with Crippen LogP contribution in [0.15, 0.2) is 60.7 Å². The van der Waals surface area contributed by atoms with Gasteiger partial charge in [-0.2, -0.15) is 0 Å². The predicted molar refractivity (Wildman–Crippen MR) is 63.3 cm³/mol. The number of hydrogen-bond acceptors (Lipinski definition) is 1. The second-order valence-corrected chi connectivity index (χ2v) is 3.21. The maximum atomic E-state index is 3.36. The van der Waals surface area contributed by atoms with E-state index in [1.807, 2.05) is 24.3 Å². The summed E-state index contributed by atoms with van der Waals surface area (Å²) in [7, 11) is 0.880. The Hall–Kier alpha value is -1.70. The zero-order chi connectivity index (χ0) is 9.64. The molecule has 0 atom stereocenters. The normalized spacial score (nSPS) is 9.43. The van der Waals surface area contributed by atoms with Crippen LogP contribution in [-0.4, -0.2) is 7.41 Å². The molecule has 0 radical (unpaired) electrons. The topological polar surface area (TPSA) is 12.0 Å². The summed E-state index contributed by atoms with van der Waals surface area (Å²) in [6.07, 6.45) is 0. The van der Waals surface area contributed by atoms with E-state index in [-0.39, 0.29) is 0 Å². The van der Waals surface area contributed by atoms with Gasteiger partial charge in [0.25, 0.3) is 7.41 Å². The van der Waals surface area contributed by atoms with Crippen molar-refractivity contribution in [2.24, 2.45) is 0 Å². The van der Waals surface area contributed by atoms with Gasteiger partial charge in [-0.3, -0.25) is 0 Å². The average Bonchev–Trinajstić information content (AvgIpc) is 2.29. The number of nitrogens with one attached hydrogen (secondary N) is 1. The third-order valence-corrected chi connectivity index (χ3v) is 2.11. The van der Waals surface area contributed by atoms with E-state index in [0.717, 1.165) is 13.1 Å². The SMILES string of the molecule is B(Nc1ccccc1)c1ccccc1. The largest absolute Gasteiger partial charge is 0.427 e. The molecule has 0 saturated heterocycles. The molecule has 2 aromatic carbocycles. The van der Waals surface area contributed by atoms with E-state index in [2.05, 4.69) is 41.6 Å². The molecular formula is C12H12BN. The summed E-state index contributed by atoms with van der Waals surface area (Å²) in [6, 6.07) is 20.6. The molecule has 0 spiro atoms. The lowest BCUT2D eigenvalue weighted by atomic mass is 9.83. The summed E-state index contributed by atoms with van der Waals surface area (Å²) >= 11 is 0. The minimum Gasteiger partial charge on any atom is -0.427 e. The van der Waals surface area contributed by atoms with Gasteiger partial charge < -0.3 is 5.23 Å². The van der Waals surface area contributed by atoms with Crippen molar-refractivity contribution in [1.82, 2.24) is 0 Å². The zero-order valence-electron chi connectivity index (χ0n) is 7.98. The van der Waals surface area contributed by atoms with Crippen LogP contribution in [0.2, 0.25) is 0 Å². The van der Waals surface area contributed by atoms with Crippen molar-refractivity contribution in [2.75, 3.05) is 5.23 Å². The predicted octanol–water partition coefficient (Wildman–Crippen LogP) is 1.78. The molecule has 1 nitrogen and oxygen atoms in total. The molecule has 0 aliphatic carbocycles. The standard InChI is InChI=1S/C12H12BN/c1-3-7-11(8-4-1)13-14-12-9-5-2-6-10-12/h1-10,13-14H. The summed E-state index contributed by atoms with van der Waals surface area (Å²) in [5, 5.41) is 3.36. The van der Waals surface area contributed by atoms with Gasteiger partial charge in [-0.1, -0.05) is 54.0 Å². The second-order valence-electron chi connectivity index (χ2n) is 3.21. The van der Waals surface area contributed by atoms with Crippen LogP contribution in [0.4, 0.5) is 5.69 Å². The number of hydrogen-bond donors (Lipinski definition) is 1. The smallest absolute Gasteiger partial charge is 0.267 e.